The van der Waals surface area contributed by atoms with E-state index in [2.05, 4.69) is 34.5 Å². The van der Waals surface area contributed by atoms with Crippen LogP contribution in [0.3, 0.4) is 0 Å². The lowest BCUT2D eigenvalue weighted by atomic mass is 10.1. The van der Waals surface area contributed by atoms with E-state index in [0.717, 1.165) is 22.8 Å². The molecule has 1 N–H and O–H groups in total. The van der Waals surface area contributed by atoms with Crippen LogP contribution >= 0.6 is 24.6 Å². The molecule has 0 aliphatic carbocycles. The lowest BCUT2D eigenvalue weighted by Crippen LogP contribution is -2.18. The molecule has 2 aromatic rings. The maximum atomic E-state index is 11.6. The summed E-state index contributed by atoms with van der Waals surface area (Å²) in [6.07, 6.45) is 6.60. The van der Waals surface area contributed by atoms with Gasteiger partial charge < -0.3 is 9.62 Å². The highest BCUT2D eigenvalue weighted by Crippen LogP contribution is 2.29. The van der Waals surface area contributed by atoms with Crippen LogP contribution in [0.4, 0.5) is 11.5 Å². The van der Waals surface area contributed by atoms with Crippen LogP contribution in [0.2, 0.25) is 0 Å². The number of nitrogens with one attached hydrogen (secondary N) is 1. The van der Waals surface area contributed by atoms with Crippen molar-refractivity contribution >= 4 is 47.7 Å². The molecule has 7 heteroatoms. The van der Waals surface area contributed by atoms with Gasteiger partial charge in [-0.2, -0.15) is 12.6 Å². The molecule has 26 heavy (non-hydrogen) atoms. The molecule has 5 nitrogen and oxygen atoms in total. The molecule has 0 amide bonds. The van der Waals surface area contributed by atoms with Crippen LogP contribution in [0.25, 0.3) is 0 Å². The third-order valence-electron chi connectivity index (χ3n) is 3.85. The van der Waals surface area contributed by atoms with Crippen LogP contribution in [0.15, 0.2) is 58.6 Å². The largest absolute Gasteiger partial charge is 0.363 e. The Bertz CT molecular complexity index is 860. The number of hydrogen-bond donors (Lipinski definition) is 2. The van der Waals surface area contributed by atoms with Gasteiger partial charge in [0.05, 0.1) is 11.4 Å². The summed E-state index contributed by atoms with van der Waals surface area (Å²) in [7, 11) is 3.98. The number of hydrogen-bond acceptors (Lipinski definition) is 7. The maximum absolute atomic E-state index is 11.6. The number of aromatic nitrogens is 1. The number of benzene rings is 1. The van der Waals surface area contributed by atoms with E-state index in [4.69, 9.17) is 4.99 Å². The van der Waals surface area contributed by atoms with E-state index >= 15 is 0 Å². The Morgan fingerprint density at radius 1 is 1.31 bits per heavy atom. The number of pyridine rings is 1. The Morgan fingerprint density at radius 2 is 2.15 bits per heavy atom. The molecule has 0 spiro atoms. The third-order valence-corrected chi connectivity index (χ3v) is 4.94. The van der Waals surface area contributed by atoms with Gasteiger partial charge in [0.15, 0.2) is 5.78 Å². The van der Waals surface area contributed by atoms with Crippen molar-refractivity contribution in [2.24, 2.45) is 4.99 Å². The molecule has 0 saturated carbocycles. The molecule has 1 aliphatic heterocycles. The second-order valence-corrected chi connectivity index (χ2v) is 7.17. The zero-order valence-corrected chi connectivity index (χ0v) is 16.3. The summed E-state index contributed by atoms with van der Waals surface area (Å²) >= 11 is 5.48. The molecule has 1 aromatic heterocycles. The first kappa shape index (κ1) is 18.5. The Kier molecular flexibility index (Phi) is 6.00. The molecule has 0 radical (unpaired) electrons. The summed E-state index contributed by atoms with van der Waals surface area (Å²) in [6, 6.07) is 9.77. The quantitative estimate of drug-likeness (QED) is 0.463. The van der Waals surface area contributed by atoms with E-state index < -0.39 is 0 Å². The summed E-state index contributed by atoms with van der Waals surface area (Å²) in [5.41, 5.74) is 2.75. The van der Waals surface area contributed by atoms with Gasteiger partial charge in [0.1, 0.15) is 11.7 Å². The van der Waals surface area contributed by atoms with Crippen molar-refractivity contribution in [3.8, 4) is 0 Å². The minimum atomic E-state index is -0.0310. The molecule has 1 aliphatic rings. The highest BCUT2D eigenvalue weighted by molar-refractivity contribution is 8.00. The number of ketones is 1. The van der Waals surface area contributed by atoms with Gasteiger partial charge in [-0.15, -0.1) is 0 Å². The number of rotatable bonds is 5. The summed E-state index contributed by atoms with van der Waals surface area (Å²) < 4.78 is 3.21. The monoisotopic (exact) mass is 384 g/mol. The molecule has 0 fully saturated rings. The van der Waals surface area contributed by atoms with E-state index in [1.165, 1.54) is 17.5 Å². The summed E-state index contributed by atoms with van der Waals surface area (Å²) in [5, 5.41) is 0. The predicted molar refractivity (Wildman–Crippen MR) is 112 cm³/mol. The molecular formula is C19H20N4OS2. The Hall–Kier alpha value is -2.25. The number of carbonyl (C=O) groups excluding carboxylic acids is 1. The number of amidine groups is 1. The van der Waals surface area contributed by atoms with E-state index in [0.29, 0.717) is 11.4 Å². The van der Waals surface area contributed by atoms with Crippen molar-refractivity contribution in [2.45, 2.75) is 11.3 Å². The standard InChI is InChI=1S/C19H20N4OS2/c1-23(2)19-5-3-4-13-10-15(7-8-16(13)21-19)26-22-18-9-6-14(11-20-18)17(24)12-25/h3,5-11,25H,4,12H2,1-2H3,(H,20,22). The van der Waals surface area contributed by atoms with Crippen LogP contribution in [-0.4, -0.2) is 41.4 Å². The minimum absolute atomic E-state index is 0.0310. The lowest BCUT2D eigenvalue weighted by molar-refractivity contribution is 0.102. The average molecular weight is 385 g/mol. The van der Waals surface area contributed by atoms with Gasteiger partial charge in [-0.3, -0.25) is 4.79 Å². The van der Waals surface area contributed by atoms with E-state index in [1.54, 1.807) is 18.3 Å². The molecule has 1 aromatic carbocycles. The number of nitrogens with zero attached hydrogens (tertiary/aromatic N) is 3. The second kappa shape index (κ2) is 8.42. The van der Waals surface area contributed by atoms with Crippen molar-refractivity contribution < 1.29 is 4.79 Å². The Labute approximate surface area is 163 Å². The first-order chi connectivity index (χ1) is 12.6. The van der Waals surface area contributed by atoms with Crippen LogP contribution in [0.1, 0.15) is 15.9 Å². The molecular weight excluding hydrogens is 364 g/mol. The summed E-state index contributed by atoms with van der Waals surface area (Å²) in [5.74, 6) is 1.80. The van der Waals surface area contributed by atoms with Crippen molar-refractivity contribution in [3.05, 3.63) is 59.8 Å². The molecule has 0 saturated heterocycles. The Morgan fingerprint density at radius 3 is 2.85 bits per heavy atom. The first-order valence-corrected chi connectivity index (χ1v) is 9.60. The molecule has 134 valence electrons. The molecule has 0 unspecified atom stereocenters. The number of likely N-dealkylation sites (N-methyl/N-ethyl adjacent to an activating group) is 1. The SMILES string of the molecule is CN(C)C1=Nc2ccc(SNc3ccc(C(=O)CS)cn3)cc2CC=C1. The predicted octanol–water partition coefficient (Wildman–Crippen LogP) is 4.02. The van der Waals surface area contributed by atoms with Crippen LogP contribution in [0, 0.1) is 0 Å². The summed E-state index contributed by atoms with van der Waals surface area (Å²) in [6.45, 7) is 0. The van der Waals surface area contributed by atoms with Gasteiger partial charge in [0.2, 0.25) is 0 Å². The van der Waals surface area contributed by atoms with Crippen molar-refractivity contribution in [3.63, 3.8) is 0 Å². The number of fused-ring (bicyclic) bond motifs is 1. The van der Waals surface area contributed by atoms with E-state index in [9.17, 15) is 4.79 Å². The van der Waals surface area contributed by atoms with Crippen molar-refractivity contribution in [1.29, 1.82) is 0 Å². The number of anilines is 1. The normalized spacial score (nSPS) is 12.8. The van der Waals surface area contributed by atoms with Gasteiger partial charge in [-0.05, 0) is 60.3 Å². The average Bonchev–Trinajstić information content (AvgIpc) is 2.88. The van der Waals surface area contributed by atoms with Gasteiger partial charge in [0, 0.05) is 30.8 Å². The fourth-order valence-corrected chi connectivity index (χ4v) is 3.28. The van der Waals surface area contributed by atoms with E-state index in [1.807, 2.05) is 37.2 Å². The van der Waals surface area contributed by atoms with Crippen molar-refractivity contribution in [1.82, 2.24) is 9.88 Å². The fourth-order valence-electron chi connectivity index (χ4n) is 2.42. The first-order valence-electron chi connectivity index (χ1n) is 8.15. The molecule has 0 atom stereocenters. The summed E-state index contributed by atoms with van der Waals surface area (Å²) in [4.78, 5) is 23.6. The van der Waals surface area contributed by atoms with Crippen LogP contribution < -0.4 is 4.72 Å². The number of carbonyl (C=O) groups is 1. The topological polar surface area (TPSA) is 57.6 Å². The number of aliphatic imine (C=N–C) groups is 1. The van der Waals surface area contributed by atoms with Gasteiger partial charge in [0.25, 0.3) is 0 Å². The molecule has 2 heterocycles. The Balaban J connectivity index is 1.69. The number of thiol groups is 1. The molecule has 0 bridgehead atoms. The van der Waals surface area contributed by atoms with E-state index in [-0.39, 0.29) is 11.5 Å². The second-order valence-electron chi connectivity index (χ2n) is 5.98. The lowest BCUT2D eigenvalue weighted by Gasteiger charge is -2.12. The zero-order valence-electron chi connectivity index (χ0n) is 14.6. The third kappa shape index (κ3) is 4.47. The zero-order chi connectivity index (χ0) is 18.5. The maximum Gasteiger partial charge on any atom is 0.174 e. The van der Waals surface area contributed by atoms with Gasteiger partial charge in [-0.1, -0.05) is 6.08 Å². The fraction of sp³-hybridized carbons (Fsp3) is 0.211. The smallest absolute Gasteiger partial charge is 0.174 e. The van der Waals surface area contributed by atoms with Crippen LogP contribution in [0.5, 0.6) is 0 Å². The highest BCUT2D eigenvalue weighted by atomic mass is 32.2. The van der Waals surface area contributed by atoms with Gasteiger partial charge in [-0.25, -0.2) is 9.98 Å². The molecule has 3 rings (SSSR count). The number of allylic oxidation sites excluding steroid dienone is 1. The number of Topliss-reactive ketones (excluding diaryl/α,β-unsaturated/α-hetero) is 1. The van der Waals surface area contributed by atoms with Crippen LogP contribution in [-0.2, 0) is 6.42 Å². The van der Waals surface area contributed by atoms with Gasteiger partial charge >= 0.3 is 0 Å². The van der Waals surface area contributed by atoms with Crippen molar-refractivity contribution in [2.75, 3.05) is 24.6 Å². The minimum Gasteiger partial charge on any atom is -0.363 e. The highest BCUT2D eigenvalue weighted by Gasteiger charge is 2.09.